The van der Waals surface area contributed by atoms with Crippen LogP contribution in [0.2, 0.25) is 0 Å². The van der Waals surface area contributed by atoms with Crippen LogP contribution in [0.3, 0.4) is 0 Å². The molecule has 0 saturated carbocycles. The quantitative estimate of drug-likeness (QED) is 0.0262. The predicted octanol–water partition coefficient (Wildman–Crippen LogP) is 19.2. The number of ether oxygens (including phenoxy) is 3. The van der Waals surface area contributed by atoms with E-state index in [1.165, 1.54) is 135 Å². The molecule has 0 aromatic carbocycles. The molecule has 374 valence electrons. The molecule has 0 rings (SSSR count). The summed E-state index contributed by atoms with van der Waals surface area (Å²) in [6.45, 7) is 8.70. The third kappa shape index (κ3) is 44.8. The fraction of sp³-hybridized carbons (Fsp3) is 0.845. The molecule has 0 unspecified atom stereocenters. The highest BCUT2D eigenvalue weighted by Gasteiger charge is 2.42. The number of rotatable bonds is 50. The number of hydrogen-bond donors (Lipinski definition) is 0. The van der Waals surface area contributed by atoms with Gasteiger partial charge in [-0.2, -0.15) is 0 Å². The molecule has 0 bridgehead atoms. The van der Waals surface area contributed by atoms with Gasteiger partial charge in [0, 0.05) is 19.3 Å². The Labute approximate surface area is 397 Å². The van der Waals surface area contributed by atoms with Gasteiger partial charge < -0.3 is 14.2 Å². The molecule has 0 aromatic rings. The van der Waals surface area contributed by atoms with E-state index >= 15 is 0 Å². The Kier molecular flexibility index (Phi) is 48.2. The van der Waals surface area contributed by atoms with Gasteiger partial charge in [0.1, 0.15) is 0 Å². The summed E-state index contributed by atoms with van der Waals surface area (Å²) in [6.07, 6.45) is 61.3. The number of allylic oxidation sites excluding steroid dienone is 6. The Bertz CT molecular complexity index is 977. The van der Waals surface area contributed by atoms with Crippen molar-refractivity contribution in [1.82, 2.24) is 0 Å². The van der Waals surface area contributed by atoms with Crippen LogP contribution >= 0.6 is 0 Å². The molecular formula is C58H106O6. The SMILES string of the molecule is CCCCCCCC/C=C\CCCCCCCC(=O)OC(CCC)(OC(=O)CCCCCCC/C=C\CCCCCCCC)OC(=O)CCCCCCC/C=C\CCCCCCCC. The number of unbranched alkanes of at least 4 members (excludes halogenated alkanes) is 33. The van der Waals surface area contributed by atoms with Gasteiger partial charge in [-0.25, -0.2) is 0 Å². The van der Waals surface area contributed by atoms with Crippen LogP contribution in [0.4, 0.5) is 0 Å². The maximum Gasteiger partial charge on any atom is 0.423 e. The highest BCUT2D eigenvalue weighted by atomic mass is 16.9. The zero-order chi connectivity index (χ0) is 46.7. The highest BCUT2D eigenvalue weighted by molar-refractivity contribution is 5.74. The molecule has 0 aliphatic carbocycles. The number of carbonyl (C=O) groups excluding carboxylic acids is 3. The van der Waals surface area contributed by atoms with E-state index in [2.05, 4.69) is 57.2 Å². The van der Waals surface area contributed by atoms with E-state index < -0.39 is 23.9 Å². The summed E-state index contributed by atoms with van der Waals surface area (Å²) in [4.78, 5) is 39.7. The lowest BCUT2D eigenvalue weighted by molar-refractivity contribution is -0.333. The minimum atomic E-state index is -1.99. The maximum atomic E-state index is 13.2. The Hall–Kier alpha value is -2.37. The minimum Gasteiger partial charge on any atom is -0.388 e. The molecule has 6 nitrogen and oxygen atoms in total. The molecule has 6 heteroatoms. The van der Waals surface area contributed by atoms with Gasteiger partial charge in [-0.05, 0) is 103 Å². The van der Waals surface area contributed by atoms with Gasteiger partial charge in [-0.15, -0.1) is 0 Å². The minimum absolute atomic E-state index is 0.126. The third-order valence-electron chi connectivity index (χ3n) is 12.3. The summed E-state index contributed by atoms with van der Waals surface area (Å²) >= 11 is 0. The molecule has 0 spiro atoms. The average molecular weight is 899 g/mol. The first-order valence-corrected chi connectivity index (χ1v) is 28.0. The lowest BCUT2D eigenvalue weighted by atomic mass is 10.1. The summed E-state index contributed by atoms with van der Waals surface area (Å²) in [5.41, 5.74) is 0. The Morgan fingerprint density at radius 1 is 0.281 bits per heavy atom. The van der Waals surface area contributed by atoms with Gasteiger partial charge in [0.25, 0.3) is 0 Å². The van der Waals surface area contributed by atoms with E-state index in [0.29, 0.717) is 25.7 Å². The average Bonchev–Trinajstić information content (AvgIpc) is 3.27. The van der Waals surface area contributed by atoms with Crippen LogP contribution in [0.25, 0.3) is 0 Å². The second-order valence-corrected chi connectivity index (χ2v) is 18.9. The zero-order valence-electron chi connectivity index (χ0n) is 43.0. The van der Waals surface area contributed by atoms with Crippen molar-refractivity contribution in [2.45, 2.75) is 316 Å². The van der Waals surface area contributed by atoms with E-state index in [1.807, 2.05) is 6.92 Å². The molecule has 64 heavy (non-hydrogen) atoms. The summed E-state index contributed by atoms with van der Waals surface area (Å²) in [5.74, 6) is -3.43. The van der Waals surface area contributed by atoms with Gasteiger partial charge in [-0.1, -0.05) is 218 Å². The van der Waals surface area contributed by atoms with E-state index in [0.717, 1.165) is 96.3 Å². The van der Waals surface area contributed by atoms with Crippen molar-refractivity contribution in [2.75, 3.05) is 0 Å². The maximum absolute atomic E-state index is 13.2. The molecule has 0 saturated heterocycles. The van der Waals surface area contributed by atoms with Crippen LogP contribution in [0.5, 0.6) is 0 Å². The van der Waals surface area contributed by atoms with Crippen LogP contribution in [0.15, 0.2) is 36.5 Å². The van der Waals surface area contributed by atoms with Gasteiger partial charge >= 0.3 is 23.9 Å². The first-order valence-electron chi connectivity index (χ1n) is 28.0. The molecule has 0 atom stereocenters. The first kappa shape index (κ1) is 61.6. The molecule has 0 radical (unpaired) electrons. The fourth-order valence-electron chi connectivity index (χ4n) is 8.22. The van der Waals surface area contributed by atoms with Crippen LogP contribution < -0.4 is 0 Å². The second-order valence-electron chi connectivity index (χ2n) is 18.9. The fourth-order valence-corrected chi connectivity index (χ4v) is 8.22. The zero-order valence-corrected chi connectivity index (χ0v) is 43.0. The summed E-state index contributed by atoms with van der Waals surface area (Å²) in [5, 5.41) is 0. The van der Waals surface area contributed by atoms with Gasteiger partial charge in [-0.3, -0.25) is 14.4 Å². The van der Waals surface area contributed by atoms with Crippen LogP contribution in [-0.4, -0.2) is 23.9 Å². The number of esters is 3. The largest absolute Gasteiger partial charge is 0.423 e. The molecule has 0 amide bonds. The van der Waals surface area contributed by atoms with E-state index in [4.69, 9.17) is 14.2 Å². The molecular weight excluding hydrogens is 793 g/mol. The van der Waals surface area contributed by atoms with Crippen molar-refractivity contribution < 1.29 is 28.6 Å². The molecule has 0 aliphatic heterocycles. The molecule has 0 fully saturated rings. The monoisotopic (exact) mass is 899 g/mol. The van der Waals surface area contributed by atoms with E-state index in [-0.39, 0.29) is 25.7 Å². The normalized spacial score (nSPS) is 12.0. The summed E-state index contributed by atoms with van der Waals surface area (Å²) in [7, 11) is 0. The van der Waals surface area contributed by atoms with Crippen LogP contribution in [0.1, 0.15) is 310 Å². The summed E-state index contributed by atoms with van der Waals surface area (Å²) in [6, 6.07) is 0. The second kappa shape index (κ2) is 50.1. The van der Waals surface area contributed by atoms with Crippen molar-refractivity contribution in [3.8, 4) is 0 Å². The lowest BCUT2D eigenvalue weighted by Crippen LogP contribution is -2.44. The van der Waals surface area contributed by atoms with E-state index in [9.17, 15) is 14.4 Å². The standard InChI is InChI=1S/C58H106O6/c1-5-9-12-15-18-21-24-27-30-33-36-39-42-45-48-51-55(59)62-58(54-8-4,63-56(60)52-49-46-43-40-37-34-31-28-25-22-19-16-13-10-6-2)64-57(61)53-50-47-44-41-38-35-32-29-26-23-20-17-14-11-7-3/h27-32H,5-26,33-54H2,1-4H3/b30-27-,31-28-,32-29-. The van der Waals surface area contributed by atoms with Crippen molar-refractivity contribution >= 4 is 17.9 Å². The van der Waals surface area contributed by atoms with Gasteiger partial charge in [0.05, 0.1) is 6.42 Å². The smallest absolute Gasteiger partial charge is 0.388 e. The molecule has 0 heterocycles. The summed E-state index contributed by atoms with van der Waals surface area (Å²) < 4.78 is 17.5. The van der Waals surface area contributed by atoms with Gasteiger partial charge in [0.2, 0.25) is 0 Å². The lowest BCUT2D eigenvalue weighted by Gasteiger charge is -2.31. The van der Waals surface area contributed by atoms with Crippen molar-refractivity contribution in [2.24, 2.45) is 0 Å². The third-order valence-corrected chi connectivity index (χ3v) is 12.3. The molecule has 0 N–H and O–H groups in total. The van der Waals surface area contributed by atoms with Crippen molar-refractivity contribution in [1.29, 1.82) is 0 Å². The number of hydrogen-bond acceptors (Lipinski definition) is 6. The van der Waals surface area contributed by atoms with Crippen molar-refractivity contribution in [3.63, 3.8) is 0 Å². The predicted molar refractivity (Wildman–Crippen MR) is 274 cm³/mol. The number of carbonyl (C=O) groups is 3. The topological polar surface area (TPSA) is 78.9 Å². The van der Waals surface area contributed by atoms with Crippen molar-refractivity contribution in [3.05, 3.63) is 36.5 Å². The van der Waals surface area contributed by atoms with Crippen LogP contribution in [-0.2, 0) is 28.6 Å². The van der Waals surface area contributed by atoms with E-state index in [1.54, 1.807) is 0 Å². The Morgan fingerprint density at radius 3 is 0.703 bits per heavy atom. The molecule has 0 aliphatic rings. The van der Waals surface area contributed by atoms with Gasteiger partial charge in [0.15, 0.2) is 0 Å². The Balaban J connectivity index is 4.78. The highest BCUT2D eigenvalue weighted by Crippen LogP contribution is 2.27. The van der Waals surface area contributed by atoms with Crippen LogP contribution in [0, 0.1) is 0 Å². The Morgan fingerprint density at radius 2 is 0.484 bits per heavy atom. The first-order chi connectivity index (χ1) is 31.4. The molecule has 0 aromatic heterocycles.